The monoisotopic (exact) mass is 284 g/mol. The molecule has 1 aromatic carbocycles. The Kier molecular flexibility index (Phi) is 9.27. The number of hydrogen-bond acceptors (Lipinski definition) is 2. The number of amides is 1. The van der Waals surface area contributed by atoms with E-state index in [0.29, 0.717) is 6.54 Å². The van der Waals surface area contributed by atoms with Gasteiger partial charge in [-0.2, -0.15) is 0 Å². The summed E-state index contributed by atoms with van der Waals surface area (Å²) in [5, 5.41) is 5.97. The molecule has 108 valence electrons. The van der Waals surface area contributed by atoms with Crippen molar-refractivity contribution in [3.8, 4) is 0 Å². The molecule has 1 unspecified atom stereocenters. The molecule has 1 rings (SSSR count). The molecule has 0 spiro atoms. The lowest BCUT2D eigenvalue weighted by molar-refractivity contribution is -0.124. The molecule has 0 aliphatic rings. The van der Waals surface area contributed by atoms with Gasteiger partial charge in [0.25, 0.3) is 0 Å². The van der Waals surface area contributed by atoms with E-state index < -0.39 is 0 Å². The van der Waals surface area contributed by atoms with E-state index in [1.165, 1.54) is 11.1 Å². The molecule has 1 amide bonds. The second-order valence-corrected chi connectivity index (χ2v) is 4.67. The van der Waals surface area contributed by atoms with E-state index >= 15 is 0 Å². The number of rotatable bonds is 7. The summed E-state index contributed by atoms with van der Waals surface area (Å²) in [6, 6.07) is 8.59. The van der Waals surface area contributed by atoms with Crippen LogP contribution >= 0.6 is 12.4 Å². The third-order valence-electron chi connectivity index (χ3n) is 3.10. The Bertz CT molecular complexity index is 365. The minimum atomic E-state index is 0. The molecule has 0 radical (unpaired) electrons. The van der Waals surface area contributed by atoms with Crippen molar-refractivity contribution in [3.05, 3.63) is 35.4 Å². The van der Waals surface area contributed by atoms with Crippen molar-refractivity contribution in [1.82, 2.24) is 10.6 Å². The lowest BCUT2D eigenvalue weighted by Gasteiger charge is -2.11. The fourth-order valence-corrected chi connectivity index (χ4v) is 1.84. The van der Waals surface area contributed by atoms with E-state index in [1.807, 2.05) is 14.0 Å². The van der Waals surface area contributed by atoms with Gasteiger partial charge in [-0.15, -0.1) is 12.4 Å². The topological polar surface area (TPSA) is 41.1 Å². The second-order valence-electron chi connectivity index (χ2n) is 4.67. The predicted molar refractivity (Wildman–Crippen MR) is 82.9 cm³/mol. The normalized spacial score (nSPS) is 11.5. The van der Waals surface area contributed by atoms with Gasteiger partial charge in [0.15, 0.2) is 0 Å². The number of halogens is 1. The Hall–Kier alpha value is -1.06. The fourth-order valence-electron chi connectivity index (χ4n) is 1.84. The molecule has 3 nitrogen and oxygen atoms in total. The highest BCUT2D eigenvalue weighted by atomic mass is 35.5. The molecule has 19 heavy (non-hydrogen) atoms. The third-order valence-corrected chi connectivity index (χ3v) is 3.10. The molecule has 1 atom stereocenters. The van der Waals surface area contributed by atoms with Crippen LogP contribution in [0.4, 0.5) is 0 Å². The zero-order chi connectivity index (χ0) is 13.4. The summed E-state index contributed by atoms with van der Waals surface area (Å²) in [6.07, 6.45) is 1.96. The number of aryl methyl sites for hydroxylation is 1. The SMILES string of the molecule is CCc1ccc(CCNC(=O)C(C)CNC)cc1.Cl. The lowest BCUT2D eigenvalue weighted by Crippen LogP contribution is -2.35. The van der Waals surface area contributed by atoms with Crippen LogP contribution in [-0.2, 0) is 17.6 Å². The average molecular weight is 285 g/mol. The molecule has 2 N–H and O–H groups in total. The fraction of sp³-hybridized carbons (Fsp3) is 0.533. The number of carbonyl (C=O) groups excluding carboxylic acids is 1. The number of benzene rings is 1. The van der Waals surface area contributed by atoms with E-state index in [-0.39, 0.29) is 24.2 Å². The molecule has 0 aromatic heterocycles. The minimum Gasteiger partial charge on any atom is -0.355 e. The average Bonchev–Trinajstić information content (AvgIpc) is 2.39. The highest BCUT2D eigenvalue weighted by Crippen LogP contribution is 2.05. The van der Waals surface area contributed by atoms with Gasteiger partial charge in [-0.1, -0.05) is 38.1 Å². The molecule has 0 aliphatic carbocycles. The van der Waals surface area contributed by atoms with E-state index in [1.54, 1.807) is 0 Å². The van der Waals surface area contributed by atoms with Crippen LogP contribution in [0, 0.1) is 5.92 Å². The minimum absolute atomic E-state index is 0. The Morgan fingerprint density at radius 3 is 2.32 bits per heavy atom. The highest BCUT2D eigenvalue weighted by molar-refractivity contribution is 5.85. The van der Waals surface area contributed by atoms with Crippen LogP contribution in [0.1, 0.15) is 25.0 Å². The van der Waals surface area contributed by atoms with Gasteiger partial charge in [0, 0.05) is 19.0 Å². The van der Waals surface area contributed by atoms with Gasteiger partial charge in [-0.3, -0.25) is 4.79 Å². The molecule has 0 saturated heterocycles. The van der Waals surface area contributed by atoms with Crippen molar-refractivity contribution < 1.29 is 4.79 Å². The first-order chi connectivity index (χ1) is 8.67. The van der Waals surface area contributed by atoms with Crippen molar-refractivity contribution in [2.24, 2.45) is 5.92 Å². The van der Waals surface area contributed by atoms with Gasteiger partial charge in [0.1, 0.15) is 0 Å². The molecule has 0 aliphatic heterocycles. The van der Waals surface area contributed by atoms with Gasteiger partial charge < -0.3 is 10.6 Å². The van der Waals surface area contributed by atoms with Crippen LogP contribution in [0.15, 0.2) is 24.3 Å². The van der Waals surface area contributed by atoms with E-state index in [4.69, 9.17) is 0 Å². The number of carbonyl (C=O) groups is 1. The third kappa shape index (κ3) is 6.60. The summed E-state index contributed by atoms with van der Waals surface area (Å²) >= 11 is 0. The molecular formula is C15H25ClN2O. The maximum Gasteiger partial charge on any atom is 0.224 e. The smallest absolute Gasteiger partial charge is 0.224 e. The van der Waals surface area contributed by atoms with E-state index in [9.17, 15) is 4.79 Å². The maximum absolute atomic E-state index is 11.7. The van der Waals surface area contributed by atoms with Crippen LogP contribution in [0.5, 0.6) is 0 Å². The quantitative estimate of drug-likeness (QED) is 0.806. The van der Waals surface area contributed by atoms with Crippen molar-refractivity contribution in [3.63, 3.8) is 0 Å². The molecule has 0 fully saturated rings. The summed E-state index contributed by atoms with van der Waals surface area (Å²) in [4.78, 5) is 11.7. The molecule has 0 bridgehead atoms. The van der Waals surface area contributed by atoms with Gasteiger partial charge in [0.2, 0.25) is 5.91 Å². The van der Waals surface area contributed by atoms with Crippen molar-refractivity contribution in [1.29, 1.82) is 0 Å². The molecule has 1 aromatic rings. The molecule has 0 saturated carbocycles. The van der Waals surface area contributed by atoms with Crippen molar-refractivity contribution >= 4 is 18.3 Å². The van der Waals surface area contributed by atoms with Gasteiger partial charge >= 0.3 is 0 Å². The summed E-state index contributed by atoms with van der Waals surface area (Å²) in [6.45, 7) is 5.51. The van der Waals surface area contributed by atoms with E-state index in [2.05, 4.69) is 41.8 Å². The first kappa shape index (κ1) is 17.9. The van der Waals surface area contributed by atoms with Crippen LogP contribution < -0.4 is 10.6 Å². The lowest BCUT2D eigenvalue weighted by atomic mass is 10.1. The number of hydrogen-bond donors (Lipinski definition) is 2. The van der Waals surface area contributed by atoms with Gasteiger partial charge in [-0.05, 0) is 31.0 Å². The summed E-state index contributed by atoms with van der Waals surface area (Å²) < 4.78 is 0. The maximum atomic E-state index is 11.7. The van der Waals surface area contributed by atoms with Crippen molar-refractivity contribution in [2.75, 3.05) is 20.1 Å². The summed E-state index contributed by atoms with van der Waals surface area (Å²) in [7, 11) is 1.86. The van der Waals surface area contributed by atoms with Crippen LogP contribution in [0.2, 0.25) is 0 Å². The van der Waals surface area contributed by atoms with Crippen LogP contribution in [-0.4, -0.2) is 26.0 Å². The van der Waals surface area contributed by atoms with Crippen LogP contribution in [0.25, 0.3) is 0 Å². The summed E-state index contributed by atoms with van der Waals surface area (Å²) in [5.41, 5.74) is 2.62. The Labute approximate surface area is 122 Å². The standard InChI is InChI=1S/C15H24N2O.ClH/c1-4-13-5-7-14(8-6-13)9-10-17-15(18)12(2)11-16-3;/h5-8,12,16H,4,9-11H2,1-3H3,(H,17,18);1H. The molecule has 0 heterocycles. The predicted octanol–water partition coefficient (Wildman–Crippen LogP) is 2.19. The Balaban J connectivity index is 0.00000324. The van der Waals surface area contributed by atoms with Crippen LogP contribution in [0.3, 0.4) is 0 Å². The summed E-state index contributed by atoms with van der Waals surface area (Å²) in [5.74, 6) is 0.145. The Morgan fingerprint density at radius 2 is 1.79 bits per heavy atom. The molecule has 4 heteroatoms. The second kappa shape index (κ2) is 9.82. The van der Waals surface area contributed by atoms with Gasteiger partial charge in [-0.25, -0.2) is 0 Å². The van der Waals surface area contributed by atoms with Gasteiger partial charge in [0.05, 0.1) is 0 Å². The number of nitrogens with one attached hydrogen (secondary N) is 2. The Morgan fingerprint density at radius 1 is 1.21 bits per heavy atom. The first-order valence-corrected chi connectivity index (χ1v) is 6.67. The highest BCUT2D eigenvalue weighted by Gasteiger charge is 2.10. The first-order valence-electron chi connectivity index (χ1n) is 6.67. The zero-order valence-corrected chi connectivity index (χ0v) is 12.8. The zero-order valence-electron chi connectivity index (χ0n) is 12.0. The van der Waals surface area contributed by atoms with E-state index in [0.717, 1.165) is 19.4 Å². The largest absolute Gasteiger partial charge is 0.355 e. The molecular weight excluding hydrogens is 260 g/mol. The van der Waals surface area contributed by atoms with Crippen molar-refractivity contribution in [2.45, 2.75) is 26.7 Å².